The van der Waals surface area contributed by atoms with Crippen molar-refractivity contribution in [2.45, 2.75) is 0 Å². The lowest BCUT2D eigenvalue weighted by Crippen LogP contribution is -2.00. The summed E-state index contributed by atoms with van der Waals surface area (Å²) in [5.41, 5.74) is 2.30. The molecular weight excluding hydrogens is 330 g/mol. The van der Waals surface area contributed by atoms with Crippen molar-refractivity contribution >= 4 is 32.6 Å². The van der Waals surface area contributed by atoms with Crippen LogP contribution in [-0.4, -0.2) is 17.5 Å². The zero-order valence-electron chi connectivity index (χ0n) is 11.8. The van der Waals surface area contributed by atoms with Crippen molar-refractivity contribution in [1.29, 1.82) is 0 Å². The largest absolute Gasteiger partial charge is 0.496 e. The van der Waals surface area contributed by atoms with E-state index in [2.05, 4.69) is 15.9 Å². The molecule has 1 aromatic heterocycles. The number of hydrogen-bond acceptors (Lipinski definition) is 2. The quantitative estimate of drug-likeness (QED) is 0.668. The summed E-state index contributed by atoms with van der Waals surface area (Å²) in [7, 11) is 3.55. The van der Waals surface area contributed by atoms with Gasteiger partial charge in [0.05, 0.1) is 23.6 Å². The van der Waals surface area contributed by atoms with Gasteiger partial charge in [0.15, 0.2) is 5.78 Å². The molecule has 3 aromatic rings. The SMILES string of the molecule is COc1cccc2c1c(C(=O)c1ccc(Br)cc1)cn2C. The summed E-state index contributed by atoms with van der Waals surface area (Å²) in [6.45, 7) is 0. The number of ketones is 1. The maximum atomic E-state index is 12.8. The molecule has 0 aliphatic heterocycles. The molecule has 0 N–H and O–H groups in total. The third-order valence-electron chi connectivity index (χ3n) is 3.55. The Morgan fingerprint density at radius 1 is 1.14 bits per heavy atom. The van der Waals surface area contributed by atoms with E-state index in [1.54, 1.807) is 7.11 Å². The van der Waals surface area contributed by atoms with E-state index >= 15 is 0 Å². The average molecular weight is 344 g/mol. The van der Waals surface area contributed by atoms with E-state index in [0.29, 0.717) is 16.9 Å². The Hall–Kier alpha value is -2.07. The number of carbonyl (C=O) groups is 1. The van der Waals surface area contributed by atoms with Gasteiger partial charge < -0.3 is 9.30 Å². The second-order valence-corrected chi connectivity index (χ2v) is 5.76. The Morgan fingerprint density at radius 3 is 2.52 bits per heavy atom. The van der Waals surface area contributed by atoms with Crippen molar-refractivity contribution in [2.75, 3.05) is 7.11 Å². The van der Waals surface area contributed by atoms with Crippen LogP contribution < -0.4 is 4.74 Å². The first-order chi connectivity index (χ1) is 10.1. The minimum Gasteiger partial charge on any atom is -0.496 e. The highest BCUT2D eigenvalue weighted by atomic mass is 79.9. The second-order valence-electron chi connectivity index (χ2n) is 4.84. The van der Waals surface area contributed by atoms with Crippen LogP contribution in [0.5, 0.6) is 5.75 Å². The van der Waals surface area contributed by atoms with E-state index in [4.69, 9.17) is 4.74 Å². The summed E-state index contributed by atoms with van der Waals surface area (Å²) in [4.78, 5) is 12.8. The van der Waals surface area contributed by atoms with E-state index in [-0.39, 0.29) is 5.78 Å². The number of hydrogen-bond donors (Lipinski definition) is 0. The Kier molecular flexibility index (Phi) is 3.55. The molecule has 0 amide bonds. The molecule has 3 nitrogen and oxygen atoms in total. The standard InChI is InChI=1S/C17H14BrNO2/c1-19-10-13(16-14(19)4-3-5-15(16)21-2)17(20)11-6-8-12(18)9-7-11/h3-10H,1-2H3. The van der Waals surface area contributed by atoms with Gasteiger partial charge in [0, 0.05) is 23.3 Å². The van der Waals surface area contributed by atoms with Gasteiger partial charge in [-0.15, -0.1) is 0 Å². The molecule has 0 saturated carbocycles. The number of aryl methyl sites for hydroxylation is 1. The number of halogens is 1. The molecule has 0 spiro atoms. The van der Waals surface area contributed by atoms with E-state index in [9.17, 15) is 4.79 Å². The first-order valence-corrected chi connectivity index (χ1v) is 7.33. The first kappa shape index (κ1) is 13.9. The van der Waals surface area contributed by atoms with Crippen LogP contribution in [0, 0.1) is 0 Å². The molecule has 0 aliphatic rings. The molecule has 2 aromatic carbocycles. The molecular formula is C17H14BrNO2. The maximum absolute atomic E-state index is 12.8. The predicted molar refractivity (Wildman–Crippen MR) is 87.0 cm³/mol. The molecule has 3 rings (SSSR count). The zero-order valence-corrected chi connectivity index (χ0v) is 13.3. The van der Waals surface area contributed by atoms with Crippen molar-refractivity contribution < 1.29 is 9.53 Å². The number of carbonyl (C=O) groups excluding carboxylic acids is 1. The minimum atomic E-state index is -0.00222. The predicted octanol–water partition coefficient (Wildman–Crippen LogP) is 4.18. The topological polar surface area (TPSA) is 31.2 Å². The van der Waals surface area contributed by atoms with Crippen molar-refractivity contribution in [3.05, 3.63) is 64.3 Å². The van der Waals surface area contributed by atoms with Crippen molar-refractivity contribution in [3.8, 4) is 5.75 Å². The highest BCUT2D eigenvalue weighted by Gasteiger charge is 2.18. The van der Waals surface area contributed by atoms with Crippen LogP contribution >= 0.6 is 15.9 Å². The smallest absolute Gasteiger partial charge is 0.195 e. The van der Waals surface area contributed by atoms with Crippen molar-refractivity contribution in [1.82, 2.24) is 4.57 Å². The van der Waals surface area contributed by atoms with Gasteiger partial charge in [0.2, 0.25) is 0 Å². The molecule has 0 radical (unpaired) electrons. The monoisotopic (exact) mass is 343 g/mol. The van der Waals surface area contributed by atoms with Crippen LogP contribution in [0.2, 0.25) is 0 Å². The first-order valence-electron chi connectivity index (χ1n) is 6.54. The summed E-state index contributed by atoms with van der Waals surface area (Å²) in [5, 5.41) is 0.857. The van der Waals surface area contributed by atoms with Crippen LogP contribution in [0.1, 0.15) is 15.9 Å². The fourth-order valence-electron chi connectivity index (χ4n) is 2.51. The summed E-state index contributed by atoms with van der Waals surface area (Å²) < 4.78 is 8.32. The summed E-state index contributed by atoms with van der Waals surface area (Å²) in [5.74, 6) is 0.714. The second kappa shape index (κ2) is 5.37. The number of aromatic nitrogens is 1. The number of nitrogens with zero attached hydrogens (tertiary/aromatic N) is 1. The fourth-order valence-corrected chi connectivity index (χ4v) is 2.78. The Balaban J connectivity index is 2.20. The zero-order chi connectivity index (χ0) is 15.0. The van der Waals surface area contributed by atoms with Gasteiger partial charge >= 0.3 is 0 Å². The lowest BCUT2D eigenvalue weighted by molar-refractivity contribution is 0.104. The van der Waals surface area contributed by atoms with Crippen LogP contribution in [-0.2, 0) is 7.05 Å². The minimum absolute atomic E-state index is 0.00222. The van der Waals surface area contributed by atoms with Crippen molar-refractivity contribution in [3.63, 3.8) is 0 Å². The number of fused-ring (bicyclic) bond motifs is 1. The van der Waals surface area contributed by atoms with Crippen LogP contribution in [0.3, 0.4) is 0 Å². The third kappa shape index (κ3) is 2.36. The summed E-state index contributed by atoms with van der Waals surface area (Å²) >= 11 is 3.38. The van der Waals surface area contributed by atoms with E-state index in [0.717, 1.165) is 15.4 Å². The molecule has 106 valence electrons. The van der Waals surface area contributed by atoms with Gasteiger partial charge in [-0.2, -0.15) is 0 Å². The lowest BCUT2D eigenvalue weighted by atomic mass is 10.0. The van der Waals surface area contributed by atoms with Crippen LogP contribution in [0.15, 0.2) is 53.1 Å². The normalized spacial score (nSPS) is 10.8. The number of rotatable bonds is 3. The van der Waals surface area contributed by atoms with Gasteiger partial charge in [0.25, 0.3) is 0 Å². The van der Waals surface area contributed by atoms with Crippen molar-refractivity contribution in [2.24, 2.45) is 7.05 Å². The van der Waals surface area contributed by atoms with Crippen LogP contribution in [0.25, 0.3) is 10.9 Å². The van der Waals surface area contributed by atoms with Gasteiger partial charge in [-0.25, -0.2) is 0 Å². The molecule has 0 atom stereocenters. The maximum Gasteiger partial charge on any atom is 0.195 e. The molecule has 0 saturated heterocycles. The van der Waals surface area contributed by atoms with Gasteiger partial charge in [-0.1, -0.05) is 22.0 Å². The van der Waals surface area contributed by atoms with Gasteiger partial charge in [-0.3, -0.25) is 4.79 Å². The summed E-state index contributed by atoms with van der Waals surface area (Å²) in [6.07, 6.45) is 1.86. The number of methoxy groups -OCH3 is 1. The lowest BCUT2D eigenvalue weighted by Gasteiger charge is -2.05. The fraction of sp³-hybridized carbons (Fsp3) is 0.118. The highest BCUT2D eigenvalue weighted by molar-refractivity contribution is 9.10. The number of ether oxygens (including phenoxy) is 1. The summed E-state index contributed by atoms with van der Waals surface area (Å²) in [6, 6.07) is 13.2. The third-order valence-corrected chi connectivity index (χ3v) is 4.08. The van der Waals surface area contributed by atoms with Crippen LogP contribution in [0.4, 0.5) is 0 Å². The van der Waals surface area contributed by atoms with E-state index < -0.39 is 0 Å². The molecule has 0 aliphatic carbocycles. The molecule has 21 heavy (non-hydrogen) atoms. The van der Waals surface area contributed by atoms with Gasteiger partial charge in [-0.05, 0) is 36.4 Å². The Labute approximate surface area is 131 Å². The van der Waals surface area contributed by atoms with E-state index in [1.165, 1.54) is 0 Å². The molecule has 0 unspecified atom stereocenters. The van der Waals surface area contributed by atoms with Gasteiger partial charge in [0.1, 0.15) is 5.75 Å². The Bertz CT molecular complexity index is 819. The highest BCUT2D eigenvalue weighted by Crippen LogP contribution is 2.31. The van der Waals surface area contributed by atoms with E-state index in [1.807, 2.05) is 60.3 Å². The molecule has 0 bridgehead atoms. The number of benzene rings is 2. The molecule has 0 fully saturated rings. The molecule has 4 heteroatoms. The molecule has 1 heterocycles. The average Bonchev–Trinajstić information content (AvgIpc) is 2.85. The Morgan fingerprint density at radius 2 is 1.86 bits per heavy atom.